The van der Waals surface area contributed by atoms with E-state index in [9.17, 15) is 8.42 Å². The molecular weight excluding hydrogens is 238 g/mol. The van der Waals surface area contributed by atoms with Crippen molar-refractivity contribution in [2.75, 3.05) is 18.6 Å². The second-order valence-electron chi connectivity index (χ2n) is 4.16. The number of benzene rings is 1. The van der Waals surface area contributed by atoms with Crippen LogP contribution in [0.15, 0.2) is 24.3 Å². The number of para-hydroxylation sites is 1. The zero-order chi connectivity index (χ0) is 12.9. The Morgan fingerprint density at radius 1 is 1.35 bits per heavy atom. The average molecular weight is 257 g/mol. The highest BCUT2D eigenvalue weighted by Crippen LogP contribution is 2.23. The minimum atomic E-state index is -2.91. The van der Waals surface area contributed by atoms with Crippen LogP contribution in [0.1, 0.15) is 24.9 Å². The maximum atomic E-state index is 10.9. The zero-order valence-electron chi connectivity index (χ0n) is 10.2. The average Bonchev–Trinajstić information content (AvgIpc) is 2.23. The molecule has 0 aliphatic rings. The molecule has 0 bridgehead atoms. The molecule has 0 amide bonds. The number of ether oxygens (including phenoxy) is 1. The van der Waals surface area contributed by atoms with Gasteiger partial charge in [0.1, 0.15) is 15.6 Å². The molecule has 1 unspecified atom stereocenters. The van der Waals surface area contributed by atoms with Crippen LogP contribution in [0.4, 0.5) is 0 Å². The van der Waals surface area contributed by atoms with E-state index in [0.717, 1.165) is 11.3 Å². The van der Waals surface area contributed by atoms with Crippen LogP contribution in [0, 0.1) is 0 Å². The van der Waals surface area contributed by atoms with Gasteiger partial charge in [0.2, 0.25) is 0 Å². The van der Waals surface area contributed by atoms with Gasteiger partial charge in [-0.2, -0.15) is 0 Å². The number of sulfone groups is 1. The van der Waals surface area contributed by atoms with E-state index in [1.807, 2.05) is 31.2 Å². The SMILES string of the molecule is CC(N)c1ccccc1OCCCS(C)(=O)=O. The van der Waals surface area contributed by atoms with Crippen LogP contribution in [0.2, 0.25) is 0 Å². The van der Waals surface area contributed by atoms with Gasteiger partial charge in [0.25, 0.3) is 0 Å². The third-order valence-electron chi connectivity index (χ3n) is 2.33. The summed E-state index contributed by atoms with van der Waals surface area (Å²) in [5, 5.41) is 0. The normalized spacial score (nSPS) is 13.4. The van der Waals surface area contributed by atoms with Crippen LogP contribution in [0.25, 0.3) is 0 Å². The molecule has 96 valence electrons. The summed E-state index contributed by atoms with van der Waals surface area (Å²) in [5.41, 5.74) is 6.75. The summed E-state index contributed by atoms with van der Waals surface area (Å²) in [6.45, 7) is 2.27. The van der Waals surface area contributed by atoms with Crippen LogP contribution in [0.5, 0.6) is 5.75 Å². The lowest BCUT2D eigenvalue weighted by atomic mass is 10.1. The highest BCUT2D eigenvalue weighted by Gasteiger charge is 2.07. The van der Waals surface area contributed by atoms with E-state index < -0.39 is 9.84 Å². The number of hydrogen-bond donors (Lipinski definition) is 1. The van der Waals surface area contributed by atoms with E-state index in [-0.39, 0.29) is 11.8 Å². The molecule has 0 heterocycles. The van der Waals surface area contributed by atoms with Gasteiger partial charge in [0.05, 0.1) is 12.4 Å². The van der Waals surface area contributed by atoms with E-state index >= 15 is 0 Å². The summed E-state index contributed by atoms with van der Waals surface area (Å²) in [4.78, 5) is 0. The molecule has 5 heteroatoms. The number of hydrogen-bond acceptors (Lipinski definition) is 4. The van der Waals surface area contributed by atoms with Crippen molar-refractivity contribution >= 4 is 9.84 Å². The lowest BCUT2D eigenvalue weighted by molar-refractivity contribution is 0.313. The quantitative estimate of drug-likeness (QED) is 0.784. The third-order valence-corrected chi connectivity index (χ3v) is 3.36. The Bertz CT molecular complexity index is 455. The van der Waals surface area contributed by atoms with Gasteiger partial charge in [0, 0.05) is 17.9 Å². The third kappa shape index (κ3) is 5.19. The fourth-order valence-electron chi connectivity index (χ4n) is 1.49. The molecule has 17 heavy (non-hydrogen) atoms. The Balaban J connectivity index is 2.52. The zero-order valence-corrected chi connectivity index (χ0v) is 11.0. The first kappa shape index (κ1) is 14.0. The van der Waals surface area contributed by atoms with Gasteiger partial charge in [0.15, 0.2) is 0 Å². The lowest BCUT2D eigenvalue weighted by Crippen LogP contribution is -2.11. The van der Waals surface area contributed by atoms with Crippen LogP contribution in [-0.4, -0.2) is 27.0 Å². The topological polar surface area (TPSA) is 69.4 Å². The minimum Gasteiger partial charge on any atom is -0.493 e. The van der Waals surface area contributed by atoms with Crippen molar-refractivity contribution in [1.29, 1.82) is 0 Å². The van der Waals surface area contributed by atoms with Crippen molar-refractivity contribution in [3.05, 3.63) is 29.8 Å². The Labute approximate surface area is 103 Å². The van der Waals surface area contributed by atoms with Gasteiger partial charge >= 0.3 is 0 Å². The molecule has 1 aromatic carbocycles. The molecular formula is C12H19NO3S. The van der Waals surface area contributed by atoms with Gasteiger partial charge < -0.3 is 10.5 Å². The summed E-state index contributed by atoms with van der Waals surface area (Å²) in [6, 6.07) is 7.44. The van der Waals surface area contributed by atoms with Crippen molar-refractivity contribution in [2.24, 2.45) is 5.73 Å². The van der Waals surface area contributed by atoms with Crippen molar-refractivity contribution in [3.8, 4) is 5.75 Å². The largest absolute Gasteiger partial charge is 0.493 e. The van der Waals surface area contributed by atoms with Gasteiger partial charge in [-0.25, -0.2) is 8.42 Å². The summed E-state index contributed by atoms with van der Waals surface area (Å²) in [5.74, 6) is 0.879. The van der Waals surface area contributed by atoms with Crippen molar-refractivity contribution in [2.45, 2.75) is 19.4 Å². The molecule has 4 nitrogen and oxygen atoms in total. The number of rotatable bonds is 6. The van der Waals surface area contributed by atoms with E-state index in [1.54, 1.807) is 0 Å². The molecule has 0 aliphatic carbocycles. The van der Waals surface area contributed by atoms with Crippen LogP contribution in [-0.2, 0) is 9.84 Å². The lowest BCUT2D eigenvalue weighted by Gasteiger charge is -2.13. The predicted octanol–water partition coefficient (Wildman–Crippen LogP) is 1.52. The molecule has 0 fully saturated rings. The highest BCUT2D eigenvalue weighted by atomic mass is 32.2. The van der Waals surface area contributed by atoms with Gasteiger partial charge in [-0.15, -0.1) is 0 Å². The monoisotopic (exact) mass is 257 g/mol. The van der Waals surface area contributed by atoms with E-state index in [4.69, 9.17) is 10.5 Å². The maximum absolute atomic E-state index is 10.9. The summed E-state index contributed by atoms with van der Waals surface area (Å²) < 4.78 is 27.4. The van der Waals surface area contributed by atoms with Crippen LogP contribution >= 0.6 is 0 Å². The van der Waals surface area contributed by atoms with Crippen molar-refractivity contribution in [3.63, 3.8) is 0 Å². The molecule has 0 saturated heterocycles. The van der Waals surface area contributed by atoms with Crippen LogP contribution in [0.3, 0.4) is 0 Å². The fraction of sp³-hybridized carbons (Fsp3) is 0.500. The summed E-state index contributed by atoms with van der Waals surface area (Å²) in [7, 11) is -2.91. The molecule has 2 N–H and O–H groups in total. The molecule has 0 radical (unpaired) electrons. The van der Waals surface area contributed by atoms with Gasteiger partial charge in [-0.1, -0.05) is 18.2 Å². The number of nitrogens with two attached hydrogens (primary N) is 1. The summed E-state index contributed by atoms with van der Waals surface area (Å²) >= 11 is 0. The van der Waals surface area contributed by atoms with Gasteiger partial charge in [-0.3, -0.25) is 0 Å². The summed E-state index contributed by atoms with van der Waals surface area (Å²) in [6.07, 6.45) is 1.72. The molecule has 1 rings (SSSR count). The van der Waals surface area contributed by atoms with Crippen LogP contribution < -0.4 is 10.5 Å². The van der Waals surface area contributed by atoms with Crippen molar-refractivity contribution < 1.29 is 13.2 Å². The van der Waals surface area contributed by atoms with E-state index in [1.165, 1.54) is 6.26 Å². The maximum Gasteiger partial charge on any atom is 0.147 e. The standard InChI is InChI=1S/C12H19NO3S/c1-10(13)11-6-3-4-7-12(11)16-8-5-9-17(2,14)15/h3-4,6-7,10H,5,8-9,13H2,1-2H3. The molecule has 1 atom stereocenters. The first-order chi connectivity index (χ1) is 7.90. The molecule has 0 aliphatic heterocycles. The Morgan fingerprint density at radius 3 is 2.59 bits per heavy atom. The molecule has 0 spiro atoms. The highest BCUT2D eigenvalue weighted by molar-refractivity contribution is 7.90. The minimum absolute atomic E-state index is 0.0962. The first-order valence-electron chi connectivity index (χ1n) is 5.55. The second kappa shape index (κ2) is 6.02. The molecule has 0 saturated carbocycles. The van der Waals surface area contributed by atoms with E-state index in [2.05, 4.69) is 0 Å². The molecule has 0 aromatic heterocycles. The second-order valence-corrected chi connectivity index (χ2v) is 6.42. The molecule has 1 aromatic rings. The fourth-order valence-corrected chi connectivity index (χ4v) is 2.13. The Morgan fingerprint density at radius 2 is 2.00 bits per heavy atom. The van der Waals surface area contributed by atoms with Crippen molar-refractivity contribution in [1.82, 2.24) is 0 Å². The smallest absolute Gasteiger partial charge is 0.147 e. The van der Waals surface area contributed by atoms with Gasteiger partial charge in [-0.05, 0) is 19.4 Å². The van der Waals surface area contributed by atoms with E-state index in [0.29, 0.717) is 13.0 Å². The Hall–Kier alpha value is -1.07. The Kier molecular flexibility index (Phi) is 4.96. The predicted molar refractivity (Wildman–Crippen MR) is 68.9 cm³/mol. The first-order valence-corrected chi connectivity index (χ1v) is 7.61.